The zero-order chi connectivity index (χ0) is 21.1. The number of rotatable bonds is 2. The van der Waals surface area contributed by atoms with Crippen LogP contribution in [0.5, 0.6) is 11.5 Å². The molecule has 0 fully saturated rings. The number of para-hydroxylation sites is 1. The van der Waals surface area contributed by atoms with Crippen LogP contribution in [-0.4, -0.2) is 14.4 Å². The second-order valence-electron chi connectivity index (χ2n) is 7.98. The van der Waals surface area contributed by atoms with E-state index in [-0.39, 0.29) is 0 Å². The van der Waals surface area contributed by atoms with Crippen molar-refractivity contribution in [1.29, 1.82) is 0 Å². The molecule has 32 heavy (non-hydrogen) atoms. The van der Waals surface area contributed by atoms with Gasteiger partial charge in [-0.05, 0) is 34.2 Å². The number of fused-ring (bicyclic) bond motifs is 3. The highest BCUT2D eigenvalue weighted by Crippen LogP contribution is 2.48. The van der Waals surface area contributed by atoms with Gasteiger partial charge in [-0.25, -0.2) is 4.98 Å². The minimum Gasteiger partial charge on any atom is -0.456 e. The minimum atomic E-state index is 0.843. The molecule has 0 amide bonds. The second kappa shape index (κ2) is 6.53. The molecule has 0 saturated heterocycles. The topological polar surface area (TPSA) is 39.4 Å². The van der Waals surface area contributed by atoms with Crippen LogP contribution < -0.4 is 4.74 Å². The summed E-state index contributed by atoms with van der Waals surface area (Å²) in [7, 11) is 0. The van der Waals surface area contributed by atoms with Gasteiger partial charge < -0.3 is 9.14 Å². The summed E-state index contributed by atoms with van der Waals surface area (Å²) in [5, 5.41) is 2.36. The highest BCUT2D eigenvalue weighted by Gasteiger charge is 2.21. The summed E-state index contributed by atoms with van der Waals surface area (Å²) in [4.78, 5) is 8.83. The molecule has 0 atom stereocenters. The van der Waals surface area contributed by atoms with Crippen LogP contribution >= 0.6 is 0 Å². The van der Waals surface area contributed by atoms with Gasteiger partial charge in [-0.3, -0.25) is 4.98 Å². The Balaban J connectivity index is 1.36. The number of nitrogens with zero attached hydrogens (tertiary/aromatic N) is 3. The van der Waals surface area contributed by atoms with Crippen molar-refractivity contribution in [2.24, 2.45) is 0 Å². The largest absolute Gasteiger partial charge is 0.456 e. The van der Waals surface area contributed by atoms with E-state index in [1.54, 1.807) is 12.4 Å². The smallest absolute Gasteiger partial charge is 0.155 e. The molecule has 0 bridgehead atoms. The molecule has 3 heterocycles. The molecule has 1 aliphatic rings. The first-order valence-electron chi connectivity index (χ1n) is 10.6. The number of aromatic nitrogens is 3. The maximum Gasteiger partial charge on any atom is 0.155 e. The van der Waals surface area contributed by atoms with Gasteiger partial charge in [-0.2, -0.15) is 0 Å². The molecular formula is C28H17N3O. The number of ether oxygens (including phenoxy) is 1. The van der Waals surface area contributed by atoms with Gasteiger partial charge in [-0.1, -0.05) is 66.7 Å². The van der Waals surface area contributed by atoms with Crippen LogP contribution in [0.25, 0.3) is 49.9 Å². The minimum absolute atomic E-state index is 0.843. The van der Waals surface area contributed by atoms with Crippen LogP contribution in [0.3, 0.4) is 0 Å². The molecular weight excluding hydrogens is 394 g/mol. The van der Waals surface area contributed by atoms with Crippen LogP contribution in [-0.2, 0) is 0 Å². The summed E-state index contributed by atoms with van der Waals surface area (Å²) >= 11 is 0. The predicted octanol–water partition coefficient (Wildman–Crippen LogP) is 6.99. The lowest BCUT2D eigenvalue weighted by Crippen LogP contribution is -1.97. The zero-order valence-corrected chi connectivity index (χ0v) is 17.1. The number of benzene rings is 4. The fourth-order valence-electron chi connectivity index (χ4n) is 4.63. The predicted molar refractivity (Wildman–Crippen MR) is 127 cm³/mol. The third-order valence-electron chi connectivity index (χ3n) is 6.16. The molecule has 0 N–H and O–H groups in total. The number of hydrogen-bond acceptors (Lipinski definition) is 3. The van der Waals surface area contributed by atoms with Gasteiger partial charge in [0.25, 0.3) is 0 Å². The highest BCUT2D eigenvalue weighted by atomic mass is 16.5. The lowest BCUT2D eigenvalue weighted by molar-refractivity contribution is 0.487. The Morgan fingerprint density at radius 2 is 1.53 bits per heavy atom. The average molecular weight is 411 g/mol. The molecule has 0 radical (unpaired) electrons. The summed E-state index contributed by atoms with van der Waals surface area (Å²) < 4.78 is 8.22. The van der Waals surface area contributed by atoms with E-state index < -0.39 is 0 Å². The summed E-state index contributed by atoms with van der Waals surface area (Å²) in [5.41, 5.74) is 7.58. The van der Waals surface area contributed by atoms with Crippen LogP contribution in [0, 0.1) is 0 Å². The Morgan fingerprint density at radius 3 is 2.44 bits per heavy atom. The average Bonchev–Trinajstić information content (AvgIpc) is 3.29. The summed E-state index contributed by atoms with van der Waals surface area (Å²) in [6.45, 7) is 0. The molecule has 0 unspecified atom stereocenters. The Morgan fingerprint density at radius 1 is 0.688 bits per heavy atom. The molecule has 7 rings (SSSR count). The zero-order valence-electron chi connectivity index (χ0n) is 17.1. The molecule has 6 aromatic rings. The first-order chi connectivity index (χ1) is 15.8. The summed E-state index contributed by atoms with van der Waals surface area (Å²) in [6.07, 6.45) is 7.48. The van der Waals surface area contributed by atoms with E-state index in [9.17, 15) is 0 Å². The van der Waals surface area contributed by atoms with E-state index in [0.29, 0.717) is 0 Å². The SMILES string of the molecule is c1ccc2c(c1)Oc1ccc(-c3ccc(-c4cn5ccncc5n4)cc3)c3cccc-2c13. The third-order valence-corrected chi connectivity index (χ3v) is 6.16. The summed E-state index contributed by atoms with van der Waals surface area (Å²) in [5.74, 6) is 1.82. The van der Waals surface area contributed by atoms with Gasteiger partial charge in [0, 0.05) is 35.1 Å². The summed E-state index contributed by atoms with van der Waals surface area (Å²) in [6, 6.07) is 27.5. The van der Waals surface area contributed by atoms with E-state index in [0.717, 1.165) is 34.0 Å². The van der Waals surface area contributed by atoms with Crippen molar-refractivity contribution < 1.29 is 4.74 Å². The molecule has 2 aromatic heterocycles. The molecule has 0 saturated carbocycles. The fraction of sp³-hybridized carbons (Fsp3) is 0. The Hall–Kier alpha value is -4.44. The molecule has 0 aliphatic carbocycles. The van der Waals surface area contributed by atoms with Crippen molar-refractivity contribution in [3.05, 3.63) is 104 Å². The third kappa shape index (κ3) is 2.50. The van der Waals surface area contributed by atoms with Crippen molar-refractivity contribution in [1.82, 2.24) is 14.4 Å². The van der Waals surface area contributed by atoms with Gasteiger partial charge in [0.15, 0.2) is 5.65 Å². The van der Waals surface area contributed by atoms with Gasteiger partial charge in [0.2, 0.25) is 0 Å². The fourth-order valence-corrected chi connectivity index (χ4v) is 4.63. The van der Waals surface area contributed by atoms with Crippen molar-refractivity contribution in [2.45, 2.75) is 0 Å². The maximum absolute atomic E-state index is 6.23. The standard InChI is InChI=1S/C28H17N3O/c1-2-7-25-21(4-1)23-6-3-5-22-20(12-13-26(32-25)28(22)23)18-8-10-19(11-9-18)24-17-31-15-14-29-16-27(31)30-24/h1-17H. The molecule has 4 heteroatoms. The Bertz CT molecular complexity index is 1610. The van der Waals surface area contributed by atoms with Crippen molar-refractivity contribution in [3.63, 3.8) is 0 Å². The highest BCUT2D eigenvalue weighted by molar-refractivity contribution is 6.09. The van der Waals surface area contributed by atoms with Gasteiger partial charge in [-0.15, -0.1) is 0 Å². The first-order valence-corrected chi connectivity index (χ1v) is 10.6. The van der Waals surface area contributed by atoms with E-state index in [1.807, 2.05) is 28.9 Å². The molecule has 4 aromatic carbocycles. The normalized spacial score (nSPS) is 12.0. The first kappa shape index (κ1) is 17.3. The van der Waals surface area contributed by atoms with Crippen LogP contribution in [0.15, 0.2) is 104 Å². The van der Waals surface area contributed by atoms with Crippen molar-refractivity contribution >= 4 is 16.4 Å². The van der Waals surface area contributed by atoms with E-state index >= 15 is 0 Å². The van der Waals surface area contributed by atoms with Gasteiger partial charge >= 0.3 is 0 Å². The van der Waals surface area contributed by atoms with Crippen molar-refractivity contribution in [3.8, 4) is 45.0 Å². The monoisotopic (exact) mass is 411 g/mol. The van der Waals surface area contributed by atoms with E-state index in [2.05, 4.69) is 76.7 Å². The van der Waals surface area contributed by atoms with Gasteiger partial charge in [0.1, 0.15) is 11.5 Å². The van der Waals surface area contributed by atoms with Crippen LogP contribution in [0.2, 0.25) is 0 Å². The molecule has 1 aliphatic heterocycles. The Labute approximate surface area is 184 Å². The lowest BCUT2D eigenvalue weighted by atomic mass is 9.90. The molecule has 4 nitrogen and oxygen atoms in total. The van der Waals surface area contributed by atoms with E-state index in [4.69, 9.17) is 4.74 Å². The quantitative estimate of drug-likeness (QED) is 0.308. The van der Waals surface area contributed by atoms with Crippen LogP contribution in [0.4, 0.5) is 0 Å². The van der Waals surface area contributed by atoms with E-state index in [1.165, 1.54) is 27.5 Å². The second-order valence-corrected chi connectivity index (χ2v) is 7.98. The lowest BCUT2D eigenvalue weighted by Gasteiger charge is -2.22. The van der Waals surface area contributed by atoms with Crippen LogP contribution in [0.1, 0.15) is 0 Å². The van der Waals surface area contributed by atoms with Crippen molar-refractivity contribution in [2.75, 3.05) is 0 Å². The maximum atomic E-state index is 6.23. The van der Waals surface area contributed by atoms with Gasteiger partial charge in [0.05, 0.1) is 11.9 Å². The number of hydrogen-bond donors (Lipinski definition) is 0. The molecule has 150 valence electrons. The number of imidazole rings is 1. The molecule has 0 spiro atoms. The Kier molecular flexibility index (Phi) is 3.52.